The van der Waals surface area contributed by atoms with Gasteiger partial charge < -0.3 is 5.32 Å². The molecule has 162 valence electrons. The van der Waals surface area contributed by atoms with Gasteiger partial charge in [-0.1, -0.05) is 46.9 Å². The van der Waals surface area contributed by atoms with Crippen molar-refractivity contribution >= 4 is 68.3 Å². The van der Waals surface area contributed by atoms with Crippen LogP contribution in [0.25, 0.3) is 16.9 Å². The summed E-state index contributed by atoms with van der Waals surface area (Å²) in [5.74, 6) is 0.378. The Hall–Kier alpha value is -2.58. The van der Waals surface area contributed by atoms with Gasteiger partial charge in [-0.25, -0.2) is 14.5 Å². The van der Waals surface area contributed by atoms with Gasteiger partial charge >= 0.3 is 6.03 Å². The van der Waals surface area contributed by atoms with Crippen LogP contribution in [-0.4, -0.2) is 20.8 Å². The Morgan fingerprint density at radius 2 is 1.69 bits per heavy atom. The van der Waals surface area contributed by atoms with Crippen LogP contribution in [0.2, 0.25) is 15.1 Å². The Labute approximate surface area is 207 Å². The largest absolute Gasteiger partial charge is 0.324 e. The first-order valence-electron chi connectivity index (χ1n) is 9.32. The molecule has 4 aromatic rings. The van der Waals surface area contributed by atoms with Gasteiger partial charge in [-0.15, -0.1) is 5.10 Å². The van der Waals surface area contributed by atoms with E-state index in [0.717, 1.165) is 16.8 Å². The van der Waals surface area contributed by atoms with Gasteiger partial charge in [0.15, 0.2) is 5.82 Å². The zero-order valence-corrected chi connectivity index (χ0v) is 20.4. The van der Waals surface area contributed by atoms with Gasteiger partial charge in [0.1, 0.15) is 4.60 Å². The van der Waals surface area contributed by atoms with Gasteiger partial charge in [0, 0.05) is 21.2 Å². The molecule has 0 fully saturated rings. The maximum Gasteiger partial charge on any atom is 0.324 e. The van der Waals surface area contributed by atoms with Crippen LogP contribution in [0.4, 0.5) is 16.3 Å². The lowest BCUT2D eigenvalue weighted by atomic mass is 10.1. The normalized spacial score (nSPS) is 10.8. The van der Waals surface area contributed by atoms with Crippen molar-refractivity contribution < 1.29 is 4.79 Å². The van der Waals surface area contributed by atoms with Gasteiger partial charge in [0.05, 0.1) is 28.3 Å². The number of benzene rings is 2. The van der Waals surface area contributed by atoms with Crippen LogP contribution in [-0.2, 0) is 0 Å². The van der Waals surface area contributed by atoms with E-state index < -0.39 is 6.03 Å². The monoisotopic (exact) mass is 549 g/mol. The maximum atomic E-state index is 12.6. The molecule has 0 aliphatic carbocycles. The fourth-order valence-electron chi connectivity index (χ4n) is 3.11. The van der Waals surface area contributed by atoms with Crippen LogP contribution < -0.4 is 10.6 Å². The molecule has 0 spiro atoms. The van der Waals surface area contributed by atoms with Crippen molar-refractivity contribution in [1.29, 1.82) is 0 Å². The number of hydrogen-bond donors (Lipinski definition) is 2. The van der Waals surface area contributed by atoms with Crippen molar-refractivity contribution in [2.24, 2.45) is 0 Å². The van der Waals surface area contributed by atoms with Crippen molar-refractivity contribution in [3.63, 3.8) is 0 Å². The van der Waals surface area contributed by atoms with E-state index in [1.807, 2.05) is 19.1 Å². The number of pyridine rings is 1. The first-order chi connectivity index (χ1) is 15.3. The zero-order chi connectivity index (χ0) is 22.8. The minimum Gasteiger partial charge on any atom is -0.306 e. The highest BCUT2D eigenvalue weighted by Crippen LogP contribution is 2.34. The van der Waals surface area contributed by atoms with Gasteiger partial charge in [-0.05, 0) is 65.3 Å². The molecule has 0 bridgehead atoms. The molecule has 0 atom stereocenters. The average Bonchev–Trinajstić information content (AvgIpc) is 3.06. The highest BCUT2D eigenvalue weighted by atomic mass is 79.9. The quantitative estimate of drug-likeness (QED) is 0.257. The number of aromatic nitrogens is 3. The second-order valence-corrected chi connectivity index (χ2v) is 8.88. The van der Waals surface area contributed by atoms with E-state index >= 15 is 0 Å². The summed E-state index contributed by atoms with van der Waals surface area (Å²) in [7, 11) is 0. The number of hydrogen-bond acceptors (Lipinski definition) is 3. The van der Waals surface area contributed by atoms with Crippen molar-refractivity contribution in [2.75, 3.05) is 10.6 Å². The number of nitrogens with zero attached hydrogens (tertiary/aromatic N) is 3. The molecule has 0 saturated heterocycles. The smallest absolute Gasteiger partial charge is 0.306 e. The van der Waals surface area contributed by atoms with Crippen LogP contribution in [0.3, 0.4) is 0 Å². The second kappa shape index (κ2) is 9.50. The third kappa shape index (κ3) is 4.91. The van der Waals surface area contributed by atoms with E-state index in [2.05, 4.69) is 36.6 Å². The molecule has 2 aromatic carbocycles. The molecule has 0 aliphatic rings. The molecule has 2 aromatic heterocycles. The van der Waals surface area contributed by atoms with E-state index in [-0.39, 0.29) is 0 Å². The molecule has 2 N–H and O–H groups in total. The average molecular weight is 552 g/mol. The number of anilines is 2. The third-order valence-corrected chi connectivity index (χ3v) is 5.85. The first-order valence-corrected chi connectivity index (χ1v) is 11.2. The lowest BCUT2D eigenvalue weighted by Gasteiger charge is -2.10. The molecule has 0 unspecified atom stereocenters. The Balaban J connectivity index is 1.74. The number of carbonyl (C=O) groups excluding carboxylic acids is 1. The number of nitrogens with one attached hydrogen (secondary N) is 2. The van der Waals surface area contributed by atoms with Crippen LogP contribution in [0.5, 0.6) is 0 Å². The van der Waals surface area contributed by atoms with Crippen molar-refractivity contribution in [3.05, 3.63) is 86.0 Å². The zero-order valence-electron chi connectivity index (χ0n) is 16.5. The predicted octanol–water partition coefficient (Wildman–Crippen LogP) is 7.61. The fraction of sp³-hybridized carbons (Fsp3) is 0.0455. The Morgan fingerprint density at radius 3 is 2.34 bits per heavy atom. The number of halogens is 4. The van der Waals surface area contributed by atoms with Gasteiger partial charge in [-0.2, -0.15) is 0 Å². The van der Waals surface area contributed by atoms with E-state index in [1.54, 1.807) is 53.3 Å². The minimum absolute atomic E-state index is 0.378. The van der Waals surface area contributed by atoms with Gasteiger partial charge in [0.2, 0.25) is 0 Å². The van der Waals surface area contributed by atoms with Gasteiger partial charge in [-0.3, -0.25) is 5.32 Å². The van der Waals surface area contributed by atoms with Crippen LogP contribution >= 0.6 is 50.7 Å². The fourth-order valence-corrected chi connectivity index (χ4v) is 3.96. The molecule has 10 heteroatoms. The summed E-state index contributed by atoms with van der Waals surface area (Å²) in [6, 6.07) is 15.5. The Morgan fingerprint density at radius 1 is 0.969 bits per heavy atom. The molecule has 2 heterocycles. The summed E-state index contributed by atoms with van der Waals surface area (Å²) in [5, 5.41) is 11.7. The molecule has 0 saturated carbocycles. The Bertz CT molecular complexity index is 1290. The van der Waals surface area contributed by atoms with Crippen molar-refractivity contribution in [2.45, 2.75) is 6.92 Å². The van der Waals surface area contributed by atoms with Crippen LogP contribution in [0.1, 0.15) is 5.56 Å². The molecule has 0 aliphatic heterocycles. The summed E-state index contributed by atoms with van der Waals surface area (Å²) >= 11 is 21.9. The van der Waals surface area contributed by atoms with Crippen molar-refractivity contribution in [1.82, 2.24) is 14.8 Å². The van der Waals surface area contributed by atoms with Crippen molar-refractivity contribution in [3.8, 4) is 16.9 Å². The summed E-state index contributed by atoms with van der Waals surface area (Å²) in [5.41, 5.74) is 3.53. The van der Waals surface area contributed by atoms with E-state index in [4.69, 9.17) is 34.8 Å². The van der Waals surface area contributed by atoms with Crippen LogP contribution in [0.15, 0.2) is 65.4 Å². The standard InChI is InChI=1S/C22H15BrCl3N5O/c1-12-20(13-2-4-14(24)5-3-13)31(18-8-6-15(25)10-17(18)26)30-21(12)29-22(32)28-16-7-9-19(23)27-11-16/h2-11H,1H3,(H2,28,29,30,32). The minimum atomic E-state index is -0.452. The summed E-state index contributed by atoms with van der Waals surface area (Å²) in [6.07, 6.45) is 1.54. The number of carbonyl (C=O) groups is 1. The number of urea groups is 1. The molecular weight excluding hydrogens is 537 g/mol. The number of amides is 2. The predicted molar refractivity (Wildman–Crippen MR) is 133 cm³/mol. The maximum absolute atomic E-state index is 12.6. The molecular formula is C22H15BrCl3N5O. The molecule has 0 radical (unpaired) electrons. The molecule has 2 amide bonds. The summed E-state index contributed by atoms with van der Waals surface area (Å²) in [4.78, 5) is 16.7. The van der Waals surface area contributed by atoms with Gasteiger partial charge in [0.25, 0.3) is 0 Å². The lowest BCUT2D eigenvalue weighted by Crippen LogP contribution is -2.20. The van der Waals surface area contributed by atoms with E-state index in [1.165, 1.54) is 0 Å². The topological polar surface area (TPSA) is 71.8 Å². The third-order valence-electron chi connectivity index (χ3n) is 4.59. The summed E-state index contributed by atoms with van der Waals surface area (Å²) in [6.45, 7) is 1.87. The van der Waals surface area contributed by atoms with Crippen LogP contribution in [0, 0.1) is 6.92 Å². The molecule has 32 heavy (non-hydrogen) atoms. The lowest BCUT2D eigenvalue weighted by molar-refractivity contribution is 0.262. The molecule has 4 rings (SSSR count). The highest BCUT2D eigenvalue weighted by Gasteiger charge is 2.20. The first kappa shape index (κ1) is 22.6. The highest BCUT2D eigenvalue weighted by molar-refractivity contribution is 9.10. The second-order valence-electron chi connectivity index (χ2n) is 6.79. The number of rotatable bonds is 4. The van der Waals surface area contributed by atoms with E-state index in [9.17, 15) is 4.79 Å². The summed E-state index contributed by atoms with van der Waals surface area (Å²) < 4.78 is 2.35. The molecule has 6 nitrogen and oxygen atoms in total. The van der Waals surface area contributed by atoms with E-state index in [0.29, 0.717) is 36.9 Å². The SMILES string of the molecule is Cc1c(NC(=O)Nc2ccc(Br)nc2)nn(-c2ccc(Cl)cc2Cl)c1-c1ccc(Cl)cc1. The Kier molecular flexibility index (Phi) is 6.71.